The maximum Gasteiger partial charge on any atom is 0.123 e. The Balaban J connectivity index is 1.99. The fourth-order valence-corrected chi connectivity index (χ4v) is 2.25. The molecule has 0 fully saturated rings. The summed E-state index contributed by atoms with van der Waals surface area (Å²) in [6, 6.07) is 8.60. The Kier molecular flexibility index (Phi) is 5.69. The molecule has 21 heavy (non-hydrogen) atoms. The summed E-state index contributed by atoms with van der Waals surface area (Å²) in [7, 11) is 2.13. The number of benzene rings is 1. The van der Waals surface area contributed by atoms with Gasteiger partial charge in [0.15, 0.2) is 0 Å². The Labute approximate surface area is 126 Å². The highest BCUT2D eigenvalue weighted by atomic mass is 16.5. The van der Waals surface area contributed by atoms with Gasteiger partial charge in [-0.05, 0) is 27.0 Å². The molecule has 4 nitrogen and oxygen atoms in total. The molecule has 1 heterocycles. The van der Waals surface area contributed by atoms with Crippen LogP contribution in [-0.2, 0) is 13.0 Å². The molecule has 2 rings (SSSR count). The van der Waals surface area contributed by atoms with Crippen LogP contribution >= 0.6 is 0 Å². The maximum absolute atomic E-state index is 5.69. The minimum atomic E-state index is 0.386. The predicted octanol–water partition coefficient (Wildman–Crippen LogP) is 2.94. The number of ether oxygens (including phenoxy) is 1. The first kappa shape index (κ1) is 15.4. The SMILES string of the molecule is CCOc1ccccc1CN(C)[C@H](C)Cc1cnccn1. The molecule has 2 aromatic rings. The average molecular weight is 285 g/mol. The van der Waals surface area contributed by atoms with Gasteiger partial charge in [-0.1, -0.05) is 18.2 Å². The lowest BCUT2D eigenvalue weighted by atomic mass is 10.1. The molecule has 1 aromatic heterocycles. The van der Waals surface area contributed by atoms with Crippen molar-refractivity contribution in [3.63, 3.8) is 0 Å². The van der Waals surface area contributed by atoms with Crippen molar-refractivity contribution in [3.8, 4) is 5.75 Å². The molecule has 1 atom stereocenters. The van der Waals surface area contributed by atoms with E-state index < -0.39 is 0 Å². The van der Waals surface area contributed by atoms with E-state index in [9.17, 15) is 0 Å². The minimum Gasteiger partial charge on any atom is -0.494 e. The maximum atomic E-state index is 5.69. The van der Waals surface area contributed by atoms with E-state index in [4.69, 9.17) is 4.74 Å². The number of nitrogens with zero attached hydrogens (tertiary/aromatic N) is 3. The highest BCUT2D eigenvalue weighted by Gasteiger charge is 2.13. The van der Waals surface area contributed by atoms with Crippen LogP contribution in [0.25, 0.3) is 0 Å². The predicted molar refractivity (Wildman–Crippen MR) is 84.3 cm³/mol. The molecule has 0 aliphatic heterocycles. The van der Waals surface area contributed by atoms with Crippen molar-refractivity contribution in [2.24, 2.45) is 0 Å². The second kappa shape index (κ2) is 7.74. The Bertz CT molecular complexity index is 545. The summed E-state index contributed by atoms with van der Waals surface area (Å²) in [5.41, 5.74) is 2.24. The molecular formula is C17H23N3O. The third-order valence-corrected chi connectivity index (χ3v) is 3.57. The summed E-state index contributed by atoms with van der Waals surface area (Å²) in [6.07, 6.45) is 6.17. The van der Waals surface area contributed by atoms with Gasteiger partial charge in [-0.15, -0.1) is 0 Å². The molecule has 0 aliphatic rings. The zero-order chi connectivity index (χ0) is 15.1. The second-order valence-electron chi connectivity index (χ2n) is 5.21. The van der Waals surface area contributed by atoms with E-state index in [1.54, 1.807) is 12.4 Å². The first-order valence-corrected chi connectivity index (χ1v) is 7.36. The fraction of sp³-hybridized carbons (Fsp3) is 0.412. The molecule has 0 bridgehead atoms. The van der Waals surface area contributed by atoms with E-state index in [1.165, 1.54) is 5.56 Å². The number of rotatable bonds is 7. The highest BCUT2D eigenvalue weighted by molar-refractivity contribution is 5.33. The summed E-state index contributed by atoms with van der Waals surface area (Å²) < 4.78 is 5.69. The molecule has 0 aliphatic carbocycles. The van der Waals surface area contributed by atoms with Gasteiger partial charge in [-0.25, -0.2) is 0 Å². The average Bonchev–Trinajstić information content (AvgIpc) is 2.50. The normalized spacial score (nSPS) is 12.4. The number of likely N-dealkylation sites (N-methyl/N-ethyl adjacent to an activating group) is 1. The molecule has 4 heteroatoms. The molecule has 112 valence electrons. The zero-order valence-corrected chi connectivity index (χ0v) is 13.0. The summed E-state index contributed by atoms with van der Waals surface area (Å²) in [4.78, 5) is 10.8. The topological polar surface area (TPSA) is 38.2 Å². The molecule has 1 aromatic carbocycles. The Morgan fingerprint density at radius 2 is 2.05 bits per heavy atom. The van der Waals surface area contributed by atoms with E-state index in [2.05, 4.69) is 41.0 Å². The van der Waals surface area contributed by atoms with Crippen molar-refractivity contribution < 1.29 is 4.74 Å². The van der Waals surface area contributed by atoms with E-state index in [-0.39, 0.29) is 0 Å². The van der Waals surface area contributed by atoms with Crippen LogP contribution in [0.1, 0.15) is 25.1 Å². The van der Waals surface area contributed by atoms with Crippen molar-refractivity contribution in [3.05, 3.63) is 54.1 Å². The van der Waals surface area contributed by atoms with Gasteiger partial charge >= 0.3 is 0 Å². The number of hydrogen-bond acceptors (Lipinski definition) is 4. The van der Waals surface area contributed by atoms with Gasteiger partial charge in [-0.3, -0.25) is 14.9 Å². The molecule has 0 radical (unpaired) electrons. The third kappa shape index (κ3) is 4.53. The van der Waals surface area contributed by atoms with Crippen LogP contribution in [-0.4, -0.2) is 34.6 Å². The van der Waals surface area contributed by atoms with Gasteiger partial charge in [0.05, 0.1) is 12.3 Å². The van der Waals surface area contributed by atoms with Crippen LogP contribution in [0, 0.1) is 0 Å². The number of aromatic nitrogens is 2. The molecule has 0 N–H and O–H groups in total. The highest BCUT2D eigenvalue weighted by Crippen LogP contribution is 2.20. The van der Waals surface area contributed by atoms with Gasteiger partial charge < -0.3 is 4.74 Å². The Morgan fingerprint density at radius 3 is 2.76 bits per heavy atom. The van der Waals surface area contributed by atoms with Gasteiger partial charge in [-0.2, -0.15) is 0 Å². The number of para-hydroxylation sites is 1. The molecule has 0 saturated heterocycles. The third-order valence-electron chi connectivity index (χ3n) is 3.57. The zero-order valence-electron chi connectivity index (χ0n) is 13.0. The Hall–Kier alpha value is -1.94. The quantitative estimate of drug-likeness (QED) is 0.784. The second-order valence-corrected chi connectivity index (χ2v) is 5.21. The van der Waals surface area contributed by atoms with E-state index in [0.717, 1.165) is 24.4 Å². The van der Waals surface area contributed by atoms with Gasteiger partial charge in [0.1, 0.15) is 5.75 Å². The first-order chi connectivity index (χ1) is 10.2. The van der Waals surface area contributed by atoms with Gasteiger partial charge in [0, 0.05) is 43.2 Å². The van der Waals surface area contributed by atoms with Gasteiger partial charge in [0.25, 0.3) is 0 Å². The summed E-state index contributed by atoms with van der Waals surface area (Å²) in [5, 5.41) is 0. The van der Waals surface area contributed by atoms with Crippen LogP contribution in [0.2, 0.25) is 0 Å². The lowest BCUT2D eigenvalue weighted by Gasteiger charge is -2.25. The van der Waals surface area contributed by atoms with Crippen molar-refractivity contribution in [2.75, 3.05) is 13.7 Å². The lowest BCUT2D eigenvalue weighted by molar-refractivity contribution is 0.240. The van der Waals surface area contributed by atoms with Crippen LogP contribution in [0.5, 0.6) is 5.75 Å². The van der Waals surface area contributed by atoms with Crippen LogP contribution in [0.15, 0.2) is 42.9 Å². The van der Waals surface area contributed by atoms with Crippen LogP contribution in [0.4, 0.5) is 0 Å². The summed E-state index contributed by atoms with van der Waals surface area (Å²) in [5.74, 6) is 0.971. The van der Waals surface area contributed by atoms with Crippen LogP contribution in [0.3, 0.4) is 0 Å². The van der Waals surface area contributed by atoms with E-state index in [1.807, 2.05) is 25.3 Å². The van der Waals surface area contributed by atoms with E-state index >= 15 is 0 Å². The van der Waals surface area contributed by atoms with Crippen molar-refractivity contribution >= 4 is 0 Å². The minimum absolute atomic E-state index is 0.386. The molecule has 0 unspecified atom stereocenters. The first-order valence-electron chi connectivity index (χ1n) is 7.36. The fourth-order valence-electron chi connectivity index (χ4n) is 2.25. The summed E-state index contributed by atoms with van der Waals surface area (Å²) >= 11 is 0. The van der Waals surface area contributed by atoms with E-state index in [0.29, 0.717) is 12.6 Å². The smallest absolute Gasteiger partial charge is 0.123 e. The van der Waals surface area contributed by atoms with Gasteiger partial charge in [0.2, 0.25) is 0 Å². The monoisotopic (exact) mass is 285 g/mol. The number of hydrogen-bond donors (Lipinski definition) is 0. The lowest BCUT2D eigenvalue weighted by Crippen LogP contribution is -2.30. The Morgan fingerprint density at radius 1 is 1.24 bits per heavy atom. The molecular weight excluding hydrogens is 262 g/mol. The van der Waals surface area contributed by atoms with Crippen molar-refractivity contribution in [1.82, 2.24) is 14.9 Å². The molecule has 0 amide bonds. The van der Waals surface area contributed by atoms with Crippen molar-refractivity contribution in [2.45, 2.75) is 32.9 Å². The molecule has 0 spiro atoms. The summed E-state index contributed by atoms with van der Waals surface area (Å²) in [6.45, 7) is 5.77. The molecule has 0 saturated carbocycles. The standard InChI is InChI=1S/C17H23N3O/c1-4-21-17-8-6-5-7-15(17)13-20(3)14(2)11-16-12-18-9-10-19-16/h5-10,12,14H,4,11,13H2,1-3H3/t14-/m1/s1. The largest absolute Gasteiger partial charge is 0.494 e. The van der Waals surface area contributed by atoms with Crippen LogP contribution < -0.4 is 4.74 Å². The van der Waals surface area contributed by atoms with Crippen molar-refractivity contribution in [1.29, 1.82) is 0 Å².